The molecule has 2 aromatic heterocycles. The minimum atomic E-state index is -4.59. The molecule has 1 aromatic carbocycles. The normalized spacial score (nSPS) is 19.9. The summed E-state index contributed by atoms with van der Waals surface area (Å²) in [7, 11) is 0. The number of aromatic nitrogens is 3. The first kappa shape index (κ1) is 26.5. The highest BCUT2D eigenvalue weighted by Crippen LogP contribution is 2.43. The van der Waals surface area contributed by atoms with Crippen molar-refractivity contribution in [2.75, 3.05) is 11.9 Å². The van der Waals surface area contributed by atoms with Crippen molar-refractivity contribution in [2.24, 2.45) is 5.73 Å². The number of aliphatic hydroxyl groups excluding tert-OH is 1. The van der Waals surface area contributed by atoms with Crippen molar-refractivity contribution < 1.29 is 27.9 Å². The summed E-state index contributed by atoms with van der Waals surface area (Å²) in [5, 5.41) is 15.1. The van der Waals surface area contributed by atoms with Gasteiger partial charge in [0.25, 0.3) is 0 Å². The zero-order valence-corrected chi connectivity index (χ0v) is 20.6. The Hall–Kier alpha value is -3.58. The number of primary amides is 1. The molecular weight excluding hydrogens is 509 g/mol. The molecule has 196 valence electrons. The van der Waals surface area contributed by atoms with E-state index in [-0.39, 0.29) is 12.0 Å². The number of carbonyl (C=O) groups is 2. The molecule has 3 aromatic rings. The Morgan fingerprint density at radius 1 is 1.22 bits per heavy atom. The first-order valence-corrected chi connectivity index (χ1v) is 12.3. The van der Waals surface area contributed by atoms with Crippen molar-refractivity contribution in [3.05, 3.63) is 52.9 Å². The maximum atomic E-state index is 13.0. The molecule has 0 aliphatic heterocycles. The van der Waals surface area contributed by atoms with E-state index in [4.69, 9.17) is 10.8 Å². The highest BCUT2D eigenvalue weighted by molar-refractivity contribution is 7.15. The maximum absolute atomic E-state index is 13.0. The van der Waals surface area contributed by atoms with Gasteiger partial charge in [-0.05, 0) is 61.9 Å². The third kappa shape index (κ3) is 5.88. The van der Waals surface area contributed by atoms with Gasteiger partial charge < -0.3 is 21.5 Å². The number of hydrogen-bond donors (Lipinski definition) is 4. The second kappa shape index (κ2) is 10.4. The third-order valence-corrected chi connectivity index (χ3v) is 7.55. The van der Waals surface area contributed by atoms with Crippen LogP contribution < -0.4 is 16.4 Å². The average Bonchev–Trinajstić information content (AvgIpc) is 3.34. The van der Waals surface area contributed by atoms with Gasteiger partial charge in [0.2, 0.25) is 17.8 Å². The van der Waals surface area contributed by atoms with E-state index in [0.29, 0.717) is 36.4 Å². The molecule has 4 rings (SSSR count). The second-order valence-electron chi connectivity index (χ2n) is 8.95. The number of halogens is 3. The highest BCUT2D eigenvalue weighted by atomic mass is 32.1. The molecule has 0 saturated heterocycles. The molecule has 0 spiro atoms. The first-order valence-electron chi connectivity index (χ1n) is 11.5. The molecule has 5 N–H and O–H groups in total. The number of nitrogens with two attached hydrogens (primary N) is 1. The first-order chi connectivity index (χ1) is 17.5. The number of aliphatic hydroxyl groups is 1. The quantitative estimate of drug-likeness (QED) is 0.364. The van der Waals surface area contributed by atoms with Crippen LogP contribution in [0.4, 0.5) is 24.8 Å². The minimum Gasteiger partial charge on any atom is -0.387 e. The number of hydrogen-bond acceptors (Lipinski definition) is 8. The number of thiazole rings is 1. The molecule has 0 atom stereocenters. The smallest absolute Gasteiger partial charge is 0.387 e. The second-order valence-corrected chi connectivity index (χ2v) is 9.98. The number of alkyl halides is 3. The fraction of sp³-hybridized carbons (Fsp3) is 0.375. The maximum Gasteiger partial charge on any atom is 0.433 e. The van der Waals surface area contributed by atoms with Gasteiger partial charge in [-0.2, -0.15) is 13.2 Å². The molecule has 13 heteroatoms. The van der Waals surface area contributed by atoms with Crippen LogP contribution in [0.3, 0.4) is 0 Å². The predicted octanol–water partition coefficient (Wildman–Crippen LogP) is 3.45. The largest absolute Gasteiger partial charge is 0.433 e. The van der Waals surface area contributed by atoms with Crippen LogP contribution in [0.15, 0.2) is 36.7 Å². The fourth-order valence-corrected chi connectivity index (χ4v) is 5.58. The molecule has 9 nitrogen and oxygen atoms in total. The molecule has 2 amide bonds. The lowest BCUT2D eigenvalue weighted by Crippen LogP contribution is -2.48. The average molecular weight is 535 g/mol. The van der Waals surface area contributed by atoms with Crippen LogP contribution in [0.25, 0.3) is 10.4 Å². The van der Waals surface area contributed by atoms with Gasteiger partial charge in [0.05, 0.1) is 4.88 Å². The number of nitrogens with one attached hydrogen (secondary N) is 2. The molecule has 2 heterocycles. The third-order valence-electron chi connectivity index (χ3n) is 6.30. The number of amides is 2. The van der Waals surface area contributed by atoms with Gasteiger partial charge in [0.1, 0.15) is 22.7 Å². The Bertz CT molecular complexity index is 1300. The molecule has 37 heavy (non-hydrogen) atoms. The van der Waals surface area contributed by atoms with Crippen molar-refractivity contribution in [1.82, 2.24) is 20.3 Å². The monoisotopic (exact) mass is 534 g/mol. The van der Waals surface area contributed by atoms with Crippen molar-refractivity contribution in [2.45, 2.75) is 50.2 Å². The van der Waals surface area contributed by atoms with E-state index in [1.807, 2.05) is 13.0 Å². The highest BCUT2D eigenvalue weighted by Gasteiger charge is 2.44. The van der Waals surface area contributed by atoms with Crippen LogP contribution >= 0.6 is 11.3 Å². The topological polar surface area (TPSA) is 143 Å². The summed E-state index contributed by atoms with van der Waals surface area (Å²) in [5.41, 5.74) is 5.89. The van der Waals surface area contributed by atoms with E-state index in [0.717, 1.165) is 28.3 Å². The fourth-order valence-electron chi connectivity index (χ4n) is 4.43. The van der Waals surface area contributed by atoms with Crippen molar-refractivity contribution in [3.8, 4) is 10.4 Å². The summed E-state index contributed by atoms with van der Waals surface area (Å²) in [6.07, 6.45) is -0.0755. The number of aryl methyl sites for hydroxylation is 1. The molecule has 1 saturated carbocycles. The lowest BCUT2D eigenvalue weighted by molar-refractivity contribution is -0.141. The molecule has 1 aliphatic rings. The summed E-state index contributed by atoms with van der Waals surface area (Å²) in [6.45, 7) is 1.25. The van der Waals surface area contributed by atoms with Crippen molar-refractivity contribution in [1.29, 1.82) is 0 Å². The molecular formula is C24H25F3N6O3S. The van der Waals surface area contributed by atoms with Crippen molar-refractivity contribution >= 4 is 34.8 Å². The van der Waals surface area contributed by atoms with Gasteiger partial charge in [-0.25, -0.2) is 15.0 Å². The van der Waals surface area contributed by atoms with E-state index in [9.17, 15) is 22.8 Å². The zero-order valence-electron chi connectivity index (χ0n) is 19.8. The number of rotatable bonds is 7. The van der Waals surface area contributed by atoms with E-state index in [2.05, 4.69) is 25.6 Å². The van der Waals surface area contributed by atoms with Crippen LogP contribution in [0.2, 0.25) is 0 Å². The van der Waals surface area contributed by atoms with Gasteiger partial charge in [-0.3, -0.25) is 9.59 Å². The number of benzene rings is 1. The summed E-state index contributed by atoms with van der Waals surface area (Å²) in [6, 6.07) is 6.03. The SMILES string of the molecule is Cc1cc(Nc2nccc(C(F)(F)F)n2)cc(-c2cnc([C@]3(C(N)=O)CC[C@H](NC(=O)CO)CC3)s2)c1. The Kier molecular flexibility index (Phi) is 7.46. The van der Waals surface area contributed by atoms with Crippen molar-refractivity contribution in [3.63, 3.8) is 0 Å². The summed E-state index contributed by atoms with van der Waals surface area (Å²) < 4.78 is 39.0. The molecule has 0 radical (unpaired) electrons. The van der Waals surface area contributed by atoms with Gasteiger partial charge in [0, 0.05) is 24.1 Å². The Labute approximate surface area is 214 Å². The molecule has 1 aliphatic carbocycles. The van der Waals surface area contributed by atoms with Crippen LogP contribution in [-0.2, 0) is 21.2 Å². The van der Waals surface area contributed by atoms with Gasteiger partial charge in [-0.15, -0.1) is 11.3 Å². The van der Waals surface area contributed by atoms with Crippen LogP contribution in [-0.4, -0.2) is 44.5 Å². The number of nitrogens with zero attached hydrogens (tertiary/aromatic N) is 3. The number of carbonyl (C=O) groups excluding carboxylic acids is 2. The minimum absolute atomic E-state index is 0.157. The standard InChI is InChI=1S/C24H25F3N6O3S/c1-13-8-14(10-16(9-13)32-22-29-7-4-18(33-22)24(25,26)27)17-11-30-21(37-17)23(20(28)36)5-2-15(3-6-23)31-19(35)12-34/h4,7-11,15,34H,2-3,5-6,12H2,1H3,(H2,28,36)(H,31,35)(H,29,32,33)/t15-,23+. The Morgan fingerprint density at radius 2 is 1.95 bits per heavy atom. The summed E-state index contributed by atoms with van der Waals surface area (Å²) in [4.78, 5) is 36.8. The van der Waals surface area contributed by atoms with Gasteiger partial charge in [-0.1, -0.05) is 6.07 Å². The zero-order chi connectivity index (χ0) is 26.8. The summed E-state index contributed by atoms with van der Waals surface area (Å²) >= 11 is 1.32. The lowest BCUT2D eigenvalue weighted by Gasteiger charge is -2.36. The predicted molar refractivity (Wildman–Crippen MR) is 131 cm³/mol. The van der Waals surface area contributed by atoms with Crippen LogP contribution in [0.1, 0.15) is 41.9 Å². The van der Waals surface area contributed by atoms with E-state index in [1.54, 1.807) is 18.3 Å². The van der Waals surface area contributed by atoms with Crippen LogP contribution in [0, 0.1) is 6.92 Å². The van der Waals surface area contributed by atoms with E-state index < -0.39 is 35.7 Å². The molecule has 0 bridgehead atoms. The Morgan fingerprint density at radius 3 is 2.59 bits per heavy atom. The van der Waals surface area contributed by atoms with Gasteiger partial charge >= 0.3 is 6.18 Å². The summed E-state index contributed by atoms with van der Waals surface area (Å²) in [5.74, 6) is -1.14. The molecule has 1 fully saturated rings. The lowest BCUT2D eigenvalue weighted by atomic mass is 9.72. The molecule has 0 unspecified atom stereocenters. The van der Waals surface area contributed by atoms with Crippen LogP contribution in [0.5, 0.6) is 0 Å². The van der Waals surface area contributed by atoms with E-state index in [1.165, 1.54) is 11.3 Å². The number of anilines is 2. The van der Waals surface area contributed by atoms with E-state index >= 15 is 0 Å². The van der Waals surface area contributed by atoms with Gasteiger partial charge in [0.15, 0.2) is 0 Å². The Balaban J connectivity index is 1.57.